The van der Waals surface area contributed by atoms with Crippen LogP contribution in [0.15, 0.2) is 24.5 Å². The Balaban J connectivity index is 1.62. The number of nitrogens with one attached hydrogen (secondary N) is 1. The van der Waals surface area contributed by atoms with E-state index in [1.54, 1.807) is 17.3 Å². The van der Waals surface area contributed by atoms with E-state index in [0.29, 0.717) is 18.9 Å². The molecule has 3 amide bonds. The topological polar surface area (TPSA) is 65.5 Å². The van der Waals surface area contributed by atoms with E-state index in [1.165, 1.54) is 0 Å². The van der Waals surface area contributed by atoms with Gasteiger partial charge in [0.25, 0.3) is 0 Å². The zero-order valence-corrected chi connectivity index (χ0v) is 13.6. The first-order valence-corrected chi connectivity index (χ1v) is 8.46. The van der Waals surface area contributed by atoms with Crippen LogP contribution < -0.4 is 10.2 Å². The van der Waals surface area contributed by atoms with Gasteiger partial charge in [-0.25, -0.2) is 4.79 Å². The third-order valence-electron chi connectivity index (χ3n) is 4.84. The number of rotatable bonds is 3. The number of aromatic nitrogens is 1. The first kappa shape index (κ1) is 15.8. The van der Waals surface area contributed by atoms with Crippen LogP contribution in [-0.4, -0.2) is 47.5 Å². The van der Waals surface area contributed by atoms with Crippen LogP contribution in [0.3, 0.4) is 0 Å². The predicted molar refractivity (Wildman–Crippen MR) is 88.1 cm³/mol. The average molecular weight is 316 g/mol. The van der Waals surface area contributed by atoms with E-state index in [2.05, 4.69) is 17.2 Å². The van der Waals surface area contributed by atoms with Crippen molar-refractivity contribution in [2.45, 2.75) is 38.6 Å². The molecule has 1 aromatic rings. The van der Waals surface area contributed by atoms with Crippen LogP contribution in [0.2, 0.25) is 0 Å². The molecule has 3 heterocycles. The fraction of sp³-hybridized carbons (Fsp3) is 0.588. The second kappa shape index (κ2) is 6.98. The van der Waals surface area contributed by atoms with Crippen LogP contribution >= 0.6 is 0 Å². The standard InChI is InChI=1S/C17H24N4O2/c1-2-13-7-10-20(12-13)17(23)19-15-6-4-9-21(16(15)22)14-5-3-8-18-11-14/h3,5,8,11,13,15H,2,4,6-7,9-10,12H2,1H3,(H,19,23). The van der Waals surface area contributed by atoms with Crippen molar-refractivity contribution in [3.8, 4) is 0 Å². The molecule has 6 heteroatoms. The summed E-state index contributed by atoms with van der Waals surface area (Å²) in [6.45, 7) is 4.42. The third-order valence-corrected chi connectivity index (χ3v) is 4.84. The highest BCUT2D eigenvalue weighted by molar-refractivity contribution is 5.99. The van der Waals surface area contributed by atoms with E-state index in [9.17, 15) is 9.59 Å². The van der Waals surface area contributed by atoms with Crippen molar-refractivity contribution in [1.29, 1.82) is 0 Å². The monoisotopic (exact) mass is 316 g/mol. The van der Waals surface area contributed by atoms with Crippen LogP contribution in [0.5, 0.6) is 0 Å². The number of hydrogen-bond acceptors (Lipinski definition) is 3. The van der Waals surface area contributed by atoms with Gasteiger partial charge in [0.1, 0.15) is 6.04 Å². The van der Waals surface area contributed by atoms with Gasteiger partial charge in [-0.05, 0) is 37.3 Å². The molecule has 1 aromatic heterocycles. The fourth-order valence-corrected chi connectivity index (χ4v) is 3.37. The smallest absolute Gasteiger partial charge is 0.318 e. The average Bonchev–Trinajstić information content (AvgIpc) is 3.07. The summed E-state index contributed by atoms with van der Waals surface area (Å²) in [5.74, 6) is 0.554. The molecule has 1 N–H and O–H groups in total. The number of carbonyl (C=O) groups is 2. The molecule has 2 aliphatic heterocycles. The lowest BCUT2D eigenvalue weighted by Gasteiger charge is -2.33. The van der Waals surface area contributed by atoms with Gasteiger partial charge in [0, 0.05) is 25.8 Å². The minimum absolute atomic E-state index is 0.0381. The molecule has 2 fully saturated rings. The zero-order valence-electron chi connectivity index (χ0n) is 13.6. The van der Waals surface area contributed by atoms with E-state index >= 15 is 0 Å². The van der Waals surface area contributed by atoms with E-state index in [0.717, 1.165) is 38.0 Å². The Bertz CT molecular complexity index is 563. The molecule has 0 saturated carbocycles. The molecule has 2 aliphatic rings. The highest BCUT2D eigenvalue weighted by Gasteiger charge is 2.33. The van der Waals surface area contributed by atoms with Crippen LogP contribution in [-0.2, 0) is 4.79 Å². The molecular weight excluding hydrogens is 292 g/mol. The number of nitrogens with zero attached hydrogens (tertiary/aromatic N) is 3. The summed E-state index contributed by atoms with van der Waals surface area (Å²) in [6, 6.07) is 3.16. The van der Waals surface area contributed by atoms with Gasteiger partial charge in [0.2, 0.25) is 5.91 Å². The maximum atomic E-state index is 12.7. The maximum absolute atomic E-state index is 12.7. The van der Waals surface area contributed by atoms with Gasteiger partial charge in [-0.15, -0.1) is 0 Å². The Morgan fingerprint density at radius 2 is 2.26 bits per heavy atom. The molecular formula is C17H24N4O2. The number of pyridine rings is 1. The largest absolute Gasteiger partial charge is 0.326 e. The lowest BCUT2D eigenvalue weighted by Crippen LogP contribution is -2.55. The van der Waals surface area contributed by atoms with Crippen molar-refractivity contribution in [1.82, 2.24) is 15.2 Å². The van der Waals surface area contributed by atoms with Gasteiger partial charge >= 0.3 is 6.03 Å². The van der Waals surface area contributed by atoms with Crippen LogP contribution in [0, 0.1) is 5.92 Å². The second-order valence-corrected chi connectivity index (χ2v) is 6.35. The summed E-state index contributed by atoms with van der Waals surface area (Å²) in [5, 5.41) is 2.93. The minimum atomic E-state index is -0.433. The molecule has 2 unspecified atom stereocenters. The molecule has 124 valence electrons. The Labute approximate surface area is 136 Å². The van der Waals surface area contributed by atoms with Crippen molar-refractivity contribution in [3.63, 3.8) is 0 Å². The second-order valence-electron chi connectivity index (χ2n) is 6.35. The molecule has 0 spiro atoms. The number of urea groups is 1. The van der Waals surface area contributed by atoms with E-state index in [-0.39, 0.29) is 11.9 Å². The molecule has 2 saturated heterocycles. The highest BCUT2D eigenvalue weighted by Crippen LogP contribution is 2.22. The number of anilines is 1. The Hall–Kier alpha value is -2.11. The first-order valence-electron chi connectivity index (χ1n) is 8.46. The van der Waals surface area contributed by atoms with Gasteiger partial charge in [0.15, 0.2) is 0 Å². The van der Waals surface area contributed by atoms with Crippen molar-refractivity contribution in [2.75, 3.05) is 24.5 Å². The molecule has 0 aromatic carbocycles. The van der Waals surface area contributed by atoms with Gasteiger partial charge < -0.3 is 15.1 Å². The molecule has 23 heavy (non-hydrogen) atoms. The Morgan fingerprint density at radius 1 is 1.39 bits per heavy atom. The predicted octanol–water partition coefficient (Wildman–Crippen LogP) is 2.02. The Kier molecular flexibility index (Phi) is 4.79. The van der Waals surface area contributed by atoms with Gasteiger partial charge in [-0.3, -0.25) is 9.78 Å². The minimum Gasteiger partial charge on any atom is -0.326 e. The molecule has 3 rings (SSSR count). The maximum Gasteiger partial charge on any atom is 0.318 e. The molecule has 0 aliphatic carbocycles. The summed E-state index contributed by atoms with van der Waals surface area (Å²) in [5.41, 5.74) is 0.795. The summed E-state index contributed by atoms with van der Waals surface area (Å²) in [4.78, 5) is 32.7. The summed E-state index contributed by atoms with van der Waals surface area (Å²) in [6.07, 6.45) is 7.12. The molecule has 0 bridgehead atoms. The van der Waals surface area contributed by atoms with E-state index in [4.69, 9.17) is 0 Å². The van der Waals surface area contributed by atoms with Gasteiger partial charge in [-0.2, -0.15) is 0 Å². The third kappa shape index (κ3) is 3.46. The number of piperidine rings is 1. The van der Waals surface area contributed by atoms with Crippen LogP contribution in [0.4, 0.5) is 10.5 Å². The number of amides is 3. The lowest BCUT2D eigenvalue weighted by atomic mass is 10.0. The zero-order chi connectivity index (χ0) is 16.2. The first-order chi connectivity index (χ1) is 11.2. The van der Waals surface area contributed by atoms with Crippen molar-refractivity contribution >= 4 is 17.6 Å². The van der Waals surface area contributed by atoms with Gasteiger partial charge in [-0.1, -0.05) is 13.3 Å². The number of likely N-dealkylation sites (tertiary alicyclic amines) is 1. The summed E-state index contributed by atoms with van der Waals surface area (Å²) in [7, 11) is 0. The van der Waals surface area contributed by atoms with Crippen molar-refractivity contribution in [3.05, 3.63) is 24.5 Å². The summed E-state index contributed by atoms with van der Waals surface area (Å²) < 4.78 is 0. The molecule has 6 nitrogen and oxygen atoms in total. The highest BCUT2D eigenvalue weighted by atomic mass is 16.2. The van der Waals surface area contributed by atoms with Crippen molar-refractivity contribution in [2.24, 2.45) is 5.92 Å². The molecule has 2 atom stereocenters. The Morgan fingerprint density at radius 3 is 2.96 bits per heavy atom. The van der Waals surface area contributed by atoms with Crippen molar-refractivity contribution < 1.29 is 9.59 Å². The lowest BCUT2D eigenvalue weighted by molar-refractivity contribution is -0.121. The number of carbonyl (C=O) groups excluding carboxylic acids is 2. The normalized spacial score (nSPS) is 24.8. The number of hydrogen-bond donors (Lipinski definition) is 1. The fourth-order valence-electron chi connectivity index (χ4n) is 3.37. The van der Waals surface area contributed by atoms with Gasteiger partial charge in [0.05, 0.1) is 11.9 Å². The quantitative estimate of drug-likeness (QED) is 0.928. The molecule has 0 radical (unpaired) electrons. The van der Waals surface area contributed by atoms with Crippen LogP contribution in [0.25, 0.3) is 0 Å². The SMILES string of the molecule is CCC1CCN(C(=O)NC2CCCN(c3cccnc3)C2=O)C1. The van der Waals surface area contributed by atoms with Crippen LogP contribution in [0.1, 0.15) is 32.6 Å². The van der Waals surface area contributed by atoms with E-state index in [1.807, 2.05) is 17.0 Å². The van der Waals surface area contributed by atoms with E-state index < -0.39 is 6.04 Å². The summed E-state index contributed by atoms with van der Waals surface area (Å²) >= 11 is 0.